The highest BCUT2D eigenvalue weighted by Gasteiger charge is 2.15. The van der Waals surface area contributed by atoms with Crippen molar-refractivity contribution in [3.05, 3.63) is 53.2 Å². The normalized spacial score (nSPS) is 10.8. The van der Waals surface area contributed by atoms with E-state index in [0.29, 0.717) is 35.3 Å². The van der Waals surface area contributed by atoms with Crippen LogP contribution in [0.2, 0.25) is 5.02 Å². The van der Waals surface area contributed by atoms with Crippen LogP contribution in [0, 0.1) is 0 Å². The molecule has 6 nitrogen and oxygen atoms in total. The topological polar surface area (TPSA) is 73.0 Å². The molecule has 2 aromatic heterocycles. The molecular formula is C18H19ClN4O2S. The number of carbonyl (C=O) groups is 1. The molecule has 0 aliphatic heterocycles. The number of carbonyl (C=O) groups excluding carboxylic acids is 1. The smallest absolute Gasteiger partial charge is 0.221 e. The van der Waals surface area contributed by atoms with Crippen molar-refractivity contribution < 1.29 is 9.21 Å². The van der Waals surface area contributed by atoms with E-state index in [9.17, 15) is 4.79 Å². The molecule has 3 rings (SSSR count). The second-order valence-corrected chi connectivity index (χ2v) is 6.96. The summed E-state index contributed by atoms with van der Waals surface area (Å²) in [4.78, 5) is 12.0. The predicted molar refractivity (Wildman–Crippen MR) is 102 cm³/mol. The predicted octanol–water partition coefficient (Wildman–Crippen LogP) is 4.01. The Balaban J connectivity index is 1.50. The van der Waals surface area contributed by atoms with Gasteiger partial charge in [0.1, 0.15) is 0 Å². The van der Waals surface area contributed by atoms with Gasteiger partial charge in [-0.15, -0.1) is 10.2 Å². The molecular weight excluding hydrogens is 372 g/mol. The number of hydrogen-bond donors (Lipinski definition) is 1. The maximum atomic E-state index is 12.0. The van der Waals surface area contributed by atoms with Gasteiger partial charge in [0.25, 0.3) is 0 Å². The van der Waals surface area contributed by atoms with E-state index in [1.807, 2.05) is 47.9 Å². The highest BCUT2D eigenvalue weighted by Crippen LogP contribution is 2.24. The first-order chi connectivity index (χ1) is 12.7. The molecule has 0 radical (unpaired) electrons. The van der Waals surface area contributed by atoms with Crippen LogP contribution in [0.25, 0.3) is 11.6 Å². The zero-order chi connectivity index (χ0) is 18.4. The molecule has 1 amide bonds. The van der Waals surface area contributed by atoms with Crippen LogP contribution in [0.3, 0.4) is 0 Å². The van der Waals surface area contributed by atoms with Crippen LogP contribution in [0.15, 0.2) is 52.2 Å². The summed E-state index contributed by atoms with van der Waals surface area (Å²) in [6.45, 7) is 3.18. The Morgan fingerprint density at radius 2 is 2.12 bits per heavy atom. The van der Waals surface area contributed by atoms with Gasteiger partial charge in [-0.3, -0.25) is 9.36 Å². The van der Waals surface area contributed by atoms with Crippen molar-refractivity contribution in [3.63, 3.8) is 0 Å². The van der Waals surface area contributed by atoms with Gasteiger partial charge in [-0.2, -0.15) is 0 Å². The molecule has 0 spiro atoms. The van der Waals surface area contributed by atoms with Gasteiger partial charge >= 0.3 is 0 Å². The van der Waals surface area contributed by atoms with E-state index in [1.165, 1.54) is 11.8 Å². The van der Waals surface area contributed by atoms with E-state index in [2.05, 4.69) is 15.5 Å². The number of benzene rings is 1. The Hall–Kier alpha value is -2.25. The number of nitrogens with zero attached hydrogens (tertiary/aromatic N) is 3. The molecule has 0 atom stereocenters. The fourth-order valence-electron chi connectivity index (χ4n) is 2.43. The van der Waals surface area contributed by atoms with Gasteiger partial charge in [-0.05, 0) is 30.7 Å². The SMILES string of the molecule is CCn1c(SCCC(=O)NCc2ccccc2Cl)nnc1-c1ccco1. The minimum atomic E-state index is -0.0220. The first-order valence-corrected chi connectivity index (χ1v) is 9.65. The maximum absolute atomic E-state index is 12.0. The van der Waals surface area contributed by atoms with Crippen LogP contribution < -0.4 is 5.32 Å². The van der Waals surface area contributed by atoms with Gasteiger partial charge in [0.05, 0.1) is 6.26 Å². The summed E-state index contributed by atoms with van der Waals surface area (Å²) in [5.74, 6) is 1.98. The Kier molecular flexibility index (Phi) is 6.35. The third kappa shape index (κ3) is 4.47. The number of nitrogens with one attached hydrogen (secondary N) is 1. The summed E-state index contributed by atoms with van der Waals surface area (Å²) < 4.78 is 7.37. The minimum absolute atomic E-state index is 0.0220. The van der Waals surface area contributed by atoms with Crippen molar-refractivity contribution in [2.75, 3.05) is 5.75 Å². The van der Waals surface area contributed by atoms with Crippen molar-refractivity contribution in [2.24, 2.45) is 0 Å². The summed E-state index contributed by atoms with van der Waals surface area (Å²) in [6, 6.07) is 11.2. The molecule has 0 unspecified atom stereocenters. The fourth-order valence-corrected chi connectivity index (χ4v) is 3.57. The van der Waals surface area contributed by atoms with Gasteiger partial charge in [0, 0.05) is 30.3 Å². The van der Waals surface area contributed by atoms with Gasteiger partial charge in [0.15, 0.2) is 16.7 Å². The molecule has 1 N–H and O–H groups in total. The lowest BCUT2D eigenvalue weighted by Gasteiger charge is -2.07. The molecule has 0 fully saturated rings. The Bertz CT molecular complexity index is 864. The molecule has 0 saturated carbocycles. The second kappa shape index (κ2) is 8.91. The van der Waals surface area contributed by atoms with Crippen LogP contribution in [0.4, 0.5) is 0 Å². The molecule has 8 heteroatoms. The monoisotopic (exact) mass is 390 g/mol. The van der Waals surface area contributed by atoms with Crippen molar-refractivity contribution in [3.8, 4) is 11.6 Å². The van der Waals surface area contributed by atoms with Crippen LogP contribution in [-0.2, 0) is 17.9 Å². The first-order valence-electron chi connectivity index (χ1n) is 8.29. The van der Waals surface area contributed by atoms with Crippen molar-refractivity contribution >= 4 is 29.3 Å². The lowest BCUT2D eigenvalue weighted by molar-refractivity contribution is -0.120. The lowest BCUT2D eigenvalue weighted by atomic mass is 10.2. The number of amides is 1. The molecule has 0 aliphatic carbocycles. The average molecular weight is 391 g/mol. The van der Waals surface area contributed by atoms with Crippen molar-refractivity contribution in [2.45, 2.75) is 31.6 Å². The van der Waals surface area contributed by atoms with E-state index in [-0.39, 0.29) is 5.91 Å². The summed E-state index contributed by atoms with van der Waals surface area (Å²) in [7, 11) is 0. The van der Waals surface area contributed by atoms with E-state index < -0.39 is 0 Å². The molecule has 136 valence electrons. The van der Waals surface area contributed by atoms with Gasteiger partial charge in [0.2, 0.25) is 5.91 Å². The number of halogens is 1. The third-order valence-electron chi connectivity index (χ3n) is 3.77. The molecule has 0 saturated heterocycles. The first kappa shape index (κ1) is 18.5. The Morgan fingerprint density at radius 3 is 2.85 bits per heavy atom. The van der Waals surface area contributed by atoms with E-state index in [4.69, 9.17) is 16.0 Å². The van der Waals surface area contributed by atoms with Crippen LogP contribution >= 0.6 is 23.4 Å². The average Bonchev–Trinajstić information content (AvgIpc) is 3.30. The number of aromatic nitrogens is 3. The number of hydrogen-bond acceptors (Lipinski definition) is 5. The quantitative estimate of drug-likeness (QED) is 0.588. The van der Waals surface area contributed by atoms with Crippen LogP contribution in [0.1, 0.15) is 18.9 Å². The summed E-state index contributed by atoms with van der Waals surface area (Å²) >= 11 is 7.59. The third-order valence-corrected chi connectivity index (χ3v) is 5.11. The fraction of sp³-hybridized carbons (Fsp3) is 0.278. The number of furan rings is 1. The molecule has 2 heterocycles. The van der Waals surface area contributed by atoms with E-state index in [1.54, 1.807) is 6.26 Å². The number of rotatable bonds is 8. The molecule has 0 aliphatic rings. The van der Waals surface area contributed by atoms with Crippen LogP contribution in [0.5, 0.6) is 0 Å². The number of thioether (sulfide) groups is 1. The zero-order valence-electron chi connectivity index (χ0n) is 14.3. The van der Waals surface area contributed by atoms with Crippen molar-refractivity contribution in [1.29, 1.82) is 0 Å². The standard InChI is InChI=1S/C18H19ClN4O2S/c1-2-23-17(15-8-5-10-25-15)21-22-18(23)26-11-9-16(24)20-12-13-6-3-4-7-14(13)19/h3-8,10H,2,9,11-12H2,1H3,(H,20,24). The minimum Gasteiger partial charge on any atom is -0.461 e. The van der Waals surface area contributed by atoms with Crippen LogP contribution in [-0.4, -0.2) is 26.4 Å². The second-order valence-electron chi connectivity index (χ2n) is 5.49. The van der Waals surface area contributed by atoms with E-state index >= 15 is 0 Å². The maximum Gasteiger partial charge on any atom is 0.221 e. The lowest BCUT2D eigenvalue weighted by Crippen LogP contribution is -2.23. The summed E-state index contributed by atoms with van der Waals surface area (Å²) in [5.41, 5.74) is 0.906. The van der Waals surface area contributed by atoms with Gasteiger partial charge in [-0.1, -0.05) is 41.6 Å². The molecule has 3 aromatic rings. The summed E-state index contributed by atoms with van der Waals surface area (Å²) in [5, 5.41) is 12.7. The molecule has 1 aromatic carbocycles. The highest BCUT2D eigenvalue weighted by molar-refractivity contribution is 7.99. The van der Waals surface area contributed by atoms with Gasteiger partial charge in [-0.25, -0.2) is 0 Å². The van der Waals surface area contributed by atoms with Gasteiger partial charge < -0.3 is 9.73 Å². The zero-order valence-corrected chi connectivity index (χ0v) is 15.9. The molecule has 0 bridgehead atoms. The largest absolute Gasteiger partial charge is 0.461 e. The van der Waals surface area contributed by atoms with Crippen molar-refractivity contribution in [1.82, 2.24) is 20.1 Å². The Labute approximate surface area is 160 Å². The molecule has 26 heavy (non-hydrogen) atoms. The Morgan fingerprint density at radius 1 is 1.27 bits per heavy atom. The highest BCUT2D eigenvalue weighted by atomic mass is 35.5. The van der Waals surface area contributed by atoms with E-state index in [0.717, 1.165) is 17.3 Å². The summed E-state index contributed by atoms with van der Waals surface area (Å²) in [6.07, 6.45) is 2.00.